The fourth-order valence-corrected chi connectivity index (χ4v) is 5.36. The summed E-state index contributed by atoms with van der Waals surface area (Å²) < 4.78 is 24.6. The summed E-state index contributed by atoms with van der Waals surface area (Å²) in [5.74, 6) is -0.166. The van der Waals surface area contributed by atoms with Gasteiger partial charge in [-0.2, -0.15) is 17.0 Å². The highest BCUT2D eigenvalue weighted by Crippen LogP contribution is 2.29. The van der Waals surface area contributed by atoms with Crippen LogP contribution in [-0.4, -0.2) is 58.8 Å². The molecule has 0 bridgehead atoms. The molecule has 1 fully saturated rings. The minimum absolute atomic E-state index is 0.0647. The van der Waals surface area contributed by atoms with Gasteiger partial charge in [0.05, 0.1) is 34.5 Å². The molecule has 1 aliphatic rings. The van der Waals surface area contributed by atoms with Crippen molar-refractivity contribution in [3.05, 3.63) is 29.8 Å². The highest BCUT2D eigenvalue weighted by Gasteiger charge is 2.39. The Bertz CT molecular complexity index is 638. The lowest BCUT2D eigenvalue weighted by Crippen LogP contribution is -2.50. The molecule has 3 N–H and O–H groups in total. The molecule has 2 rings (SSSR count). The number of sulfone groups is 1. The van der Waals surface area contributed by atoms with Crippen molar-refractivity contribution in [2.45, 2.75) is 28.5 Å². The molecule has 0 aromatic heterocycles. The third-order valence-corrected chi connectivity index (χ3v) is 6.74. The summed E-state index contributed by atoms with van der Waals surface area (Å²) in [6.45, 7) is 0. The van der Waals surface area contributed by atoms with Gasteiger partial charge in [0.25, 0.3) is 0 Å². The van der Waals surface area contributed by atoms with E-state index < -0.39 is 33.4 Å². The van der Waals surface area contributed by atoms with Crippen LogP contribution in [0.15, 0.2) is 29.2 Å². The SMILES string of the molecule is N#Cc1ccc(S(=O)(=O)C[C@@H]2SC[C@@H](O)[C@H](O)[C@H]2O)cc1. The molecule has 0 saturated carbocycles. The summed E-state index contributed by atoms with van der Waals surface area (Å²) in [7, 11) is -3.64. The van der Waals surface area contributed by atoms with Gasteiger partial charge in [0.1, 0.15) is 6.10 Å². The Morgan fingerprint density at radius 3 is 2.38 bits per heavy atom. The zero-order valence-electron chi connectivity index (χ0n) is 11.0. The van der Waals surface area contributed by atoms with Crippen molar-refractivity contribution in [1.82, 2.24) is 0 Å². The van der Waals surface area contributed by atoms with Crippen LogP contribution in [0.5, 0.6) is 0 Å². The van der Waals surface area contributed by atoms with Crippen LogP contribution in [0.1, 0.15) is 5.56 Å². The molecule has 4 atom stereocenters. The lowest BCUT2D eigenvalue weighted by atomic mass is 10.1. The van der Waals surface area contributed by atoms with Crippen LogP contribution in [0.2, 0.25) is 0 Å². The van der Waals surface area contributed by atoms with Crippen molar-refractivity contribution < 1.29 is 23.7 Å². The standard InChI is InChI=1S/C13H15NO5S2/c14-5-8-1-3-9(4-2-8)21(18,19)7-11-13(17)12(16)10(15)6-20-11/h1-4,10-13,15-17H,6-7H2/t10-,11+,12+,13+/m1/s1. The van der Waals surface area contributed by atoms with Crippen LogP contribution >= 0.6 is 11.8 Å². The third-order valence-electron chi connectivity index (χ3n) is 3.33. The molecular weight excluding hydrogens is 314 g/mol. The van der Waals surface area contributed by atoms with E-state index in [4.69, 9.17) is 5.26 Å². The summed E-state index contributed by atoms with van der Waals surface area (Å²) in [4.78, 5) is 0.0647. The molecule has 0 radical (unpaired) electrons. The van der Waals surface area contributed by atoms with Gasteiger partial charge in [-0.25, -0.2) is 8.42 Å². The normalized spacial score (nSPS) is 29.8. The van der Waals surface area contributed by atoms with Gasteiger partial charge in [0.15, 0.2) is 9.84 Å². The van der Waals surface area contributed by atoms with E-state index in [1.54, 1.807) is 0 Å². The first-order valence-electron chi connectivity index (χ1n) is 6.24. The number of aliphatic hydroxyl groups excluding tert-OH is 3. The molecule has 0 amide bonds. The summed E-state index contributed by atoms with van der Waals surface area (Å²) in [5, 5.41) is 36.9. The van der Waals surface area contributed by atoms with Crippen LogP contribution < -0.4 is 0 Å². The Balaban J connectivity index is 2.15. The zero-order valence-corrected chi connectivity index (χ0v) is 12.6. The van der Waals surface area contributed by atoms with Gasteiger partial charge >= 0.3 is 0 Å². The van der Waals surface area contributed by atoms with E-state index in [1.807, 2.05) is 6.07 Å². The monoisotopic (exact) mass is 329 g/mol. The van der Waals surface area contributed by atoms with Crippen molar-refractivity contribution >= 4 is 21.6 Å². The Kier molecular flexibility index (Phi) is 4.91. The predicted octanol–water partition coefficient (Wildman–Crippen LogP) is -0.470. The van der Waals surface area contributed by atoms with Crippen LogP contribution in [0, 0.1) is 11.3 Å². The van der Waals surface area contributed by atoms with E-state index in [2.05, 4.69) is 0 Å². The van der Waals surface area contributed by atoms with E-state index >= 15 is 0 Å². The zero-order chi connectivity index (χ0) is 15.6. The van der Waals surface area contributed by atoms with E-state index in [0.29, 0.717) is 5.56 Å². The van der Waals surface area contributed by atoms with Gasteiger partial charge in [0, 0.05) is 11.0 Å². The number of rotatable bonds is 3. The average Bonchev–Trinajstić information content (AvgIpc) is 2.48. The average molecular weight is 329 g/mol. The molecule has 114 valence electrons. The van der Waals surface area contributed by atoms with Crippen molar-refractivity contribution in [3.63, 3.8) is 0 Å². The Morgan fingerprint density at radius 2 is 1.81 bits per heavy atom. The van der Waals surface area contributed by atoms with Gasteiger partial charge in [-0.3, -0.25) is 0 Å². The maximum absolute atomic E-state index is 12.3. The Morgan fingerprint density at radius 1 is 1.19 bits per heavy atom. The van der Waals surface area contributed by atoms with Gasteiger partial charge in [-0.05, 0) is 24.3 Å². The summed E-state index contributed by atoms with van der Waals surface area (Å²) in [5.41, 5.74) is 0.361. The number of hydrogen-bond donors (Lipinski definition) is 3. The highest BCUT2D eigenvalue weighted by atomic mass is 32.2. The van der Waals surface area contributed by atoms with E-state index in [0.717, 1.165) is 11.8 Å². The molecule has 0 unspecified atom stereocenters. The van der Waals surface area contributed by atoms with Crippen LogP contribution in [0.4, 0.5) is 0 Å². The van der Waals surface area contributed by atoms with Crippen LogP contribution in [0.25, 0.3) is 0 Å². The molecule has 1 heterocycles. The fraction of sp³-hybridized carbons (Fsp3) is 0.462. The van der Waals surface area contributed by atoms with Gasteiger partial charge in [-0.1, -0.05) is 0 Å². The molecule has 1 saturated heterocycles. The van der Waals surface area contributed by atoms with Crippen molar-refractivity contribution in [2.24, 2.45) is 0 Å². The smallest absolute Gasteiger partial charge is 0.179 e. The highest BCUT2D eigenvalue weighted by molar-refractivity contribution is 8.01. The Hall–Kier alpha value is -1.11. The first kappa shape index (κ1) is 16.3. The topological polar surface area (TPSA) is 119 Å². The maximum Gasteiger partial charge on any atom is 0.179 e. The molecule has 21 heavy (non-hydrogen) atoms. The first-order valence-corrected chi connectivity index (χ1v) is 8.94. The number of hydrogen-bond acceptors (Lipinski definition) is 7. The maximum atomic E-state index is 12.3. The predicted molar refractivity (Wildman–Crippen MR) is 77.5 cm³/mol. The van der Waals surface area contributed by atoms with Crippen LogP contribution in [0.3, 0.4) is 0 Å². The van der Waals surface area contributed by atoms with Gasteiger partial charge < -0.3 is 15.3 Å². The fourth-order valence-electron chi connectivity index (χ4n) is 2.06. The molecule has 8 heteroatoms. The second-order valence-corrected chi connectivity index (χ2v) is 8.14. The number of benzene rings is 1. The number of nitrogens with zero attached hydrogens (tertiary/aromatic N) is 1. The molecule has 1 aliphatic heterocycles. The molecule has 0 spiro atoms. The molecule has 6 nitrogen and oxygen atoms in total. The number of aliphatic hydroxyl groups is 3. The van der Waals surface area contributed by atoms with Crippen molar-refractivity contribution in [1.29, 1.82) is 5.26 Å². The number of nitriles is 1. The van der Waals surface area contributed by atoms with E-state index in [1.165, 1.54) is 24.3 Å². The van der Waals surface area contributed by atoms with E-state index in [9.17, 15) is 23.7 Å². The first-order chi connectivity index (χ1) is 9.85. The van der Waals surface area contributed by atoms with Crippen molar-refractivity contribution in [3.8, 4) is 6.07 Å². The third kappa shape index (κ3) is 3.56. The van der Waals surface area contributed by atoms with Gasteiger partial charge in [0.2, 0.25) is 0 Å². The lowest BCUT2D eigenvalue weighted by molar-refractivity contribution is -0.0531. The second-order valence-electron chi connectivity index (χ2n) is 4.84. The molecule has 1 aromatic rings. The Labute approximate surface area is 127 Å². The van der Waals surface area contributed by atoms with Crippen molar-refractivity contribution in [2.75, 3.05) is 11.5 Å². The summed E-state index contributed by atoms with van der Waals surface area (Å²) >= 11 is 1.12. The van der Waals surface area contributed by atoms with Gasteiger partial charge in [-0.15, -0.1) is 0 Å². The molecular formula is C13H15NO5S2. The summed E-state index contributed by atoms with van der Waals surface area (Å²) in [6.07, 6.45) is -3.70. The lowest BCUT2D eigenvalue weighted by Gasteiger charge is -2.34. The minimum atomic E-state index is -3.64. The number of thioether (sulfide) groups is 1. The summed E-state index contributed by atoms with van der Waals surface area (Å²) in [6, 6.07) is 7.42. The largest absolute Gasteiger partial charge is 0.389 e. The molecule has 0 aliphatic carbocycles. The minimum Gasteiger partial charge on any atom is -0.389 e. The van der Waals surface area contributed by atoms with E-state index in [-0.39, 0.29) is 16.4 Å². The van der Waals surface area contributed by atoms with Crippen LogP contribution in [-0.2, 0) is 9.84 Å². The molecule has 1 aromatic carbocycles. The second kappa shape index (κ2) is 6.34. The quantitative estimate of drug-likeness (QED) is 0.686.